The summed E-state index contributed by atoms with van der Waals surface area (Å²) in [5.41, 5.74) is 1.73. The first-order chi connectivity index (χ1) is 17.8. The van der Waals surface area contributed by atoms with E-state index < -0.39 is 17.8 Å². The Bertz CT molecular complexity index is 1000. The van der Waals surface area contributed by atoms with Gasteiger partial charge in [-0.1, -0.05) is 60.7 Å². The van der Waals surface area contributed by atoms with Gasteiger partial charge in [-0.25, -0.2) is 9.59 Å². The fraction of sp³-hybridized carbons (Fsp3) is 0.533. The highest BCUT2D eigenvalue weighted by atomic mass is 16.6. The molecule has 1 saturated carbocycles. The summed E-state index contributed by atoms with van der Waals surface area (Å²) >= 11 is 0. The largest absolute Gasteiger partial charge is 0.445 e. The van der Waals surface area contributed by atoms with Crippen molar-refractivity contribution in [2.45, 2.75) is 89.2 Å². The van der Waals surface area contributed by atoms with Crippen molar-refractivity contribution in [3.63, 3.8) is 0 Å². The zero-order valence-corrected chi connectivity index (χ0v) is 22.2. The van der Waals surface area contributed by atoms with Gasteiger partial charge >= 0.3 is 12.2 Å². The van der Waals surface area contributed by atoms with Crippen molar-refractivity contribution in [3.8, 4) is 0 Å². The number of hydrogen-bond donors (Lipinski definition) is 1. The molecule has 4 rings (SSSR count). The van der Waals surface area contributed by atoms with Gasteiger partial charge in [-0.15, -0.1) is 0 Å². The number of alkyl carbamates (subject to hydrolysis) is 1. The molecule has 37 heavy (non-hydrogen) atoms. The maximum Gasteiger partial charge on any atom is 0.410 e. The number of carbonyl (C=O) groups excluding carboxylic acids is 2. The second-order valence-electron chi connectivity index (χ2n) is 11.1. The summed E-state index contributed by atoms with van der Waals surface area (Å²) in [7, 11) is 0. The summed E-state index contributed by atoms with van der Waals surface area (Å²) in [6, 6.07) is 19.7. The summed E-state index contributed by atoms with van der Waals surface area (Å²) in [5, 5.41) is 2.97. The summed E-state index contributed by atoms with van der Waals surface area (Å²) < 4.78 is 17.5. The van der Waals surface area contributed by atoms with Crippen LogP contribution in [0.1, 0.15) is 69.9 Å². The molecular weight excluding hydrogens is 468 g/mol. The number of nitrogens with one attached hydrogen (secondary N) is 1. The minimum Gasteiger partial charge on any atom is -0.445 e. The topological polar surface area (TPSA) is 77.1 Å². The molecule has 0 spiro atoms. The molecule has 2 fully saturated rings. The van der Waals surface area contributed by atoms with Crippen LogP contribution < -0.4 is 5.32 Å². The lowest BCUT2D eigenvalue weighted by Gasteiger charge is -2.33. The lowest BCUT2D eigenvalue weighted by Crippen LogP contribution is -2.50. The van der Waals surface area contributed by atoms with E-state index in [1.807, 2.05) is 51.1 Å². The van der Waals surface area contributed by atoms with E-state index in [1.54, 1.807) is 4.90 Å². The third-order valence-electron chi connectivity index (χ3n) is 7.14. The van der Waals surface area contributed by atoms with E-state index >= 15 is 0 Å². The van der Waals surface area contributed by atoms with E-state index in [0.717, 1.165) is 31.2 Å². The lowest BCUT2D eigenvalue weighted by atomic mass is 9.83. The Labute approximate surface area is 220 Å². The smallest absolute Gasteiger partial charge is 0.410 e. The normalized spacial score (nSPS) is 23.9. The van der Waals surface area contributed by atoms with Crippen molar-refractivity contribution in [2.75, 3.05) is 13.2 Å². The van der Waals surface area contributed by atoms with Crippen molar-refractivity contribution in [1.82, 2.24) is 10.2 Å². The molecule has 1 N–H and O–H groups in total. The molecule has 2 aliphatic rings. The van der Waals surface area contributed by atoms with E-state index in [9.17, 15) is 9.59 Å². The van der Waals surface area contributed by atoms with Crippen LogP contribution in [0.4, 0.5) is 9.59 Å². The van der Waals surface area contributed by atoms with Gasteiger partial charge in [-0.3, -0.25) is 0 Å². The zero-order chi connectivity index (χ0) is 26.3. The molecular formula is C30H40N2O5. The molecule has 0 unspecified atom stereocenters. The van der Waals surface area contributed by atoms with Crippen molar-refractivity contribution in [1.29, 1.82) is 0 Å². The second kappa shape index (κ2) is 12.5. The predicted octanol–water partition coefficient (Wildman–Crippen LogP) is 6.03. The molecule has 1 saturated heterocycles. The Hall–Kier alpha value is -3.06. The first-order valence-electron chi connectivity index (χ1n) is 13.4. The Morgan fingerprint density at radius 1 is 0.919 bits per heavy atom. The molecule has 2 amide bonds. The standard InChI is InChI=1S/C30H40N2O5/c1-30(2,3)37-28(33)31-26-18-19-32(29(34)36-20-22-10-6-4-7-11-22)27(26)21-35-25-16-14-24(15-17-25)23-12-8-5-9-13-23/h4-13,24-27H,14-21H2,1-3H3,(H,31,33)/t24-,25+,26-,27-/m1/s1. The zero-order valence-electron chi connectivity index (χ0n) is 22.2. The fourth-order valence-electron chi connectivity index (χ4n) is 5.24. The third kappa shape index (κ3) is 7.96. The molecule has 1 aliphatic heterocycles. The molecule has 2 atom stereocenters. The van der Waals surface area contributed by atoms with Crippen molar-refractivity contribution >= 4 is 12.2 Å². The van der Waals surface area contributed by atoms with Gasteiger partial charge in [-0.05, 0) is 69.9 Å². The summed E-state index contributed by atoms with van der Waals surface area (Å²) in [5.74, 6) is 0.568. The van der Waals surface area contributed by atoms with Crippen LogP contribution in [0.3, 0.4) is 0 Å². The lowest BCUT2D eigenvalue weighted by molar-refractivity contribution is -0.00972. The van der Waals surface area contributed by atoms with Gasteiger partial charge in [0.1, 0.15) is 12.2 Å². The quantitative estimate of drug-likeness (QED) is 0.494. The summed E-state index contributed by atoms with van der Waals surface area (Å²) in [6.07, 6.45) is 4.02. The molecule has 7 nitrogen and oxygen atoms in total. The molecule has 0 aromatic heterocycles. The minimum absolute atomic E-state index is 0.143. The first-order valence-corrected chi connectivity index (χ1v) is 13.4. The minimum atomic E-state index is -0.597. The van der Waals surface area contributed by atoms with Gasteiger partial charge in [0.15, 0.2) is 0 Å². The van der Waals surface area contributed by atoms with Crippen LogP contribution >= 0.6 is 0 Å². The van der Waals surface area contributed by atoms with E-state index in [2.05, 4.69) is 35.6 Å². The summed E-state index contributed by atoms with van der Waals surface area (Å²) in [4.78, 5) is 27.3. The maximum absolute atomic E-state index is 13.0. The van der Waals surface area contributed by atoms with Crippen LogP contribution in [-0.2, 0) is 20.8 Å². The average Bonchev–Trinajstić information content (AvgIpc) is 3.28. The van der Waals surface area contributed by atoms with Crippen molar-refractivity contribution in [3.05, 3.63) is 71.8 Å². The number of ether oxygens (including phenoxy) is 3. The molecule has 200 valence electrons. The van der Waals surface area contributed by atoms with Crippen LogP contribution in [0.15, 0.2) is 60.7 Å². The number of rotatable bonds is 7. The van der Waals surface area contributed by atoms with Crippen molar-refractivity contribution in [2.24, 2.45) is 0 Å². The molecule has 7 heteroatoms. The van der Waals surface area contributed by atoms with E-state index in [0.29, 0.717) is 25.5 Å². The van der Waals surface area contributed by atoms with Gasteiger partial charge in [0.05, 0.1) is 24.8 Å². The fourth-order valence-corrected chi connectivity index (χ4v) is 5.24. The predicted molar refractivity (Wildman–Crippen MR) is 142 cm³/mol. The van der Waals surface area contributed by atoms with Crippen LogP contribution in [0, 0.1) is 0 Å². The molecule has 1 aliphatic carbocycles. The Morgan fingerprint density at radius 3 is 2.22 bits per heavy atom. The number of hydrogen-bond acceptors (Lipinski definition) is 5. The number of benzene rings is 2. The van der Waals surface area contributed by atoms with Gasteiger partial charge in [0, 0.05) is 6.54 Å². The molecule has 0 radical (unpaired) electrons. The molecule has 0 bridgehead atoms. The van der Waals surface area contributed by atoms with E-state index in [-0.39, 0.29) is 24.8 Å². The number of nitrogens with zero attached hydrogens (tertiary/aromatic N) is 1. The average molecular weight is 509 g/mol. The first kappa shape index (κ1) is 27.0. The van der Waals surface area contributed by atoms with Gasteiger partial charge in [-0.2, -0.15) is 0 Å². The maximum atomic E-state index is 13.0. The monoisotopic (exact) mass is 508 g/mol. The Morgan fingerprint density at radius 2 is 1.57 bits per heavy atom. The number of amides is 2. The third-order valence-corrected chi connectivity index (χ3v) is 7.14. The summed E-state index contributed by atoms with van der Waals surface area (Å²) in [6.45, 7) is 6.55. The highest BCUT2D eigenvalue weighted by Crippen LogP contribution is 2.34. The highest BCUT2D eigenvalue weighted by Gasteiger charge is 2.40. The highest BCUT2D eigenvalue weighted by molar-refractivity contribution is 5.70. The van der Waals surface area contributed by atoms with Crippen LogP contribution in [-0.4, -0.2) is 54.0 Å². The molecule has 2 aromatic carbocycles. The number of likely N-dealkylation sites (tertiary alicyclic amines) is 1. The van der Waals surface area contributed by atoms with Crippen LogP contribution in [0.5, 0.6) is 0 Å². The Balaban J connectivity index is 1.35. The van der Waals surface area contributed by atoms with Crippen LogP contribution in [0.2, 0.25) is 0 Å². The van der Waals surface area contributed by atoms with Crippen LogP contribution in [0.25, 0.3) is 0 Å². The van der Waals surface area contributed by atoms with Gasteiger partial charge in [0.2, 0.25) is 0 Å². The number of carbonyl (C=O) groups is 2. The molecule has 1 heterocycles. The van der Waals surface area contributed by atoms with E-state index in [4.69, 9.17) is 14.2 Å². The van der Waals surface area contributed by atoms with Gasteiger partial charge < -0.3 is 24.4 Å². The van der Waals surface area contributed by atoms with Crippen molar-refractivity contribution < 1.29 is 23.8 Å². The SMILES string of the molecule is CC(C)(C)OC(=O)N[C@@H]1CCN(C(=O)OCc2ccccc2)[C@@H]1CO[C@H]1CC[C@@H](c2ccccc2)CC1. The Kier molecular flexibility index (Phi) is 9.09. The van der Waals surface area contributed by atoms with Gasteiger partial charge in [0.25, 0.3) is 0 Å². The van der Waals surface area contributed by atoms with E-state index in [1.165, 1.54) is 5.56 Å². The second-order valence-corrected chi connectivity index (χ2v) is 11.1. The molecule has 2 aromatic rings.